The molecule has 0 aliphatic heterocycles. The highest BCUT2D eigenvalue weighted by Gasteiger charge is 2.20. The lowest BCUT2D eigenvalue weighted by molar-refractivity contribution is 0.167. The van der Waals surface area contributed by atoms with Crippen molar-refractivity contribution in [3.63, 3.8) is 0 Å². The Bertz CT molecular complexity index is 316. The van der Waals surface area contributed by atoms with E-state index in [1.165, 1.54) is 5.69 Å². The van der Waals surface area contributed by atoms with Gasteiger partial charge >= 0.3 is 0 Å². The number of aliphatic hydroxyl groups excluding tert-OH is 1. The summed E-state index contributed by atoms with van der Waals surface area (Å²) >= 11 is 0. The molecule has 0 saturated carbocycles. The van der Waals surface area contributed by atoms with Gasteiger partial charge in [0.1, 0.15) is 0 Å². The first kappa shape index (κ1) is 12.2. The van der Waals surface area contributed by atoms with E-state index in [2.05, 4.69) is 23.4 Å². The molecule has 0 saturated heterocycles. The zero-order valence-corrected chi connectivity index (χ0v) is 10.0. The van der Waals surface area contributed by atoms with E-state index in [0.717, 1.165) is 18.7 Å². The van der Waals surface area contributed by atoms with Crippen molar-refractivity contribution >= 4 is 0 Å². The molecule has 1 rings (SSSR count). The standard InChI is InChI=1S/C11H21N3O/c1-9-7-10(2)14(13-9)6-5-11(3,8-15)12-4/h7,12,15H,5-6,8H2,1-4H3. The van der Waals surface area contributed by atoms with Gasteiger partial charge in [0.15, 0.2) is 0 Å². The van der Waals surface area contributed by atoms with E-state index in [4.69, 9.17) is 0 Å². The smallest absolute Gasteiger partial charge is 0.0611 e. The van der Waals surface area contributed by atoms with Crippen molar-refractivity contribution in [2.24, 2.45) is 0 Å². The van der Waals surface area contributed by atoms with Gasteiger partial charge in [0, 0.05) is 17.8 Å². The number of nitrogens with zero attached hydrogens (tertiary/aromatic N) is 2. The number of hydrogen-bond acceptors (Lipinski definition) is 3. The molecule has 0 aliphatic carbocycles. The minimum atomic E-state index is -0.216. The highest BCUT2D eigenvalue weighted by Crippen LogP contribution is 2.11. The Labute approximate surface area is 91.3 Å². The summed E-state index contributed by atoms with van der Waals surface area (Å²) in [5.74, 6) is 0. The van der Waals surface area contributed by atoms with Crippen LogP contribution in [0.3, 0.4) is 0 Å². The van der Waals surface area contributed by atoms with Crippen molar-refractivity contribution in [2.75, 3.05) is 13.7 Å². The largest absolute Gasteiger partial charge is 0.394 e. The number of nitrogens with one attached hydrogen (secondary N) is 1. The van der Waals surface area contributed by atoms with Crippen LogP contribution < -0.4 is 5.32 Å². The molecule has 0 fully saturated rings. The van der Waals surface area contributed by atoms with Crippen LogP contribution in [0.15, 0.2) is 6.07 Å². The Morgan fingerprint density at radius 3 is 2.60 bits per heavy atom. The lowest BCUT2D eigenvalue weighted by Gasteiger charge is -2.26. The van der Waals surface area contributed by atoms with Crippen LogP contribution in [0.25, 0.3) is 0 Å². The molecule has 0 bridgehead atoms. The summed E-state index contributed by atoms with van der Waals surface area (Å²) in [7, 11) is 1.87. The molecule has 1 aromatic rings. The van der Waals surface area contributed by atoms with Crippen LogP contribution in [-0.2, 0) is 6.54 Å². The quantitative estimate of drug-likeness (QED) is 0.759. The first-order valence-electron chi connectivity index (χ1n) is 5.31. The molecule has 0 radical (unpaired) electrons. The molecule has 4 heteroatoms. The van der Waals surface area contributed by atoms with E-state index in [-0.39, 0.29) is 12.1 Å². The predicted molar refractivity (Wildman–Crippen MR) is 60.9 cm³/mol. The Kier molecular flexibility index (Phi) is 3.88. The number of aliphatic hydroxyl groups is 1. The van der Waals surface area contributed by atoms with Crippen LogP contribution in [0.4, 0.5) is 0 Å². The van der Waals surface area contributed by atoms with Crippen LogP contribution in [0.1, 0.15) is 24.7 Å². The van der Waals surface area contributed by atoms with Crippen molar-refractivity contribution in [1.29, 1.82) is 0 Å². The lowest BCUT2D eigenvalue weighted by Crippen LogP contribution is -2.44. The van der Waals surface area contributed by atoms with E-state index in [0.29, 0.717) is 0 Å². The third kappa shape index (κ3) is 3.04. The Morgan fingerprint density at radius 1 is 1.53 bits per heavy atom. The third-order valence-electron chi connectivity index (χ3n) is 2.93. The fraction of sp³-hybridized carbons (Fsp3) is 0.727. The molecule has 0 spiro atoms. The molecule has 86 valence electrons. The molecule has 0 aromatic carbocycles. The average molecular weight is 211 g/mol. The van der Waals surface area contributed by atoms with Gasteiger partial charge in [-0.3, -0.25) is 4.68 Å². The first-order valence-corrected chi connectivity index (χ1v) is 5.31. The van der Waals surface area contributed by atoms with Gasteiger partial charge in [-0.2, -0.15) is 5.10 Å². The number of likely N-dealkylation sites (N-methyl/N-ethyl adjacent to an activating group) is 1. The number of rotatable bonds is 5. The molecule has 0 amide bonds. The maximum absolute atomic E-state index is 9.25. The van der Waals surface area contributed by atoms with E-state index >= 15 is 0 Å². The van der Waals surface area contributed by atoms with Gasteiger partial charge in [0.25, 0.3) is 0 Å². The molecule has 2 N–H and O–H groups in total. The van der Waals surface area contributed by atoms with E-state index in [1.54, 1.807) is 0 Å². The van der Waals surface area contributed by atoms with Gasteiger partial charge in [-0.25, -0.2) is 0 Å². The Morgan fingerprint density at radius 2 is 2.20 bits per heavy atom. The van der Waals surface area contributed by atoms with Gasteiger partial charge in [-0.15, -0.1) is 0 Å². The second-order valence-electron chi connectivity index (χ2n) is 4.37. The topological polar surface area (TPSA) is 50.1 Å². The van der Waals surface area contributed by atoms with Crippen molar-refractivity contribution in [1.82, 2.24) is 15.1 Å². The maximum atomic E-state index is 9.25. The molecule has 4 nitrogen and oxygen atoms in total. The normalized spacial score (nSPS) is 15.3. The molecule has 15 heavy (non-hydrogen) atoms. The lowest BCUT2D eigenvalue weighted by atomic mass is 9.99. The number of aromatic nitrogens is 2. The van der Waals surface area contributed by atoms with Crippen LogP contribution in [0, 0.1) is 13.8 Å². The third-order valence-corrected chi connectivity index (χ3v) is 2.93. The highest BCUT2D eigenvalue weighted by molar-refractivity contribution is 5.06. The summed E-state index contributed by atoms with van der Waals surface area (Å²) in [6, 6.07) is 2.07. The summed E-state index contributed by atoms with van der Waals surface area (Å²) in [5, 5.41) is 16.8. The molecular formula is C11H21N3O. The van der Waals surface area contributed by atoms with Crippen LogP contribution in [0.5, 0.6) is 0 Å². The van der Waals surface area contributed by atoms with Gasteiger partial charge in [0.05, 0.1) is 12.3 Å². The van der Waals surface area contributed by atoms with Crippen molar-refractivity contribution in [3.05, 3.63) is 17.5 Å². The summed E-state index contributed by atoms with van der Waals surface area (Å²) < 4.78 is 1.99. The Hall–Kier alpha value is -0.870. The van der Waals surface area contributed by atoms with Crippen molar-refractivity contribution in [3.8, 4) is 0 Å². The number of aryl methyl sites for hydroxylation is 3. The van der Waals surface area contributed by atoms with Gasteiger partial charge < -0.3 is 10.4 Å². The first-order chi connectivity index (χ1) is 7.00. The molecular weight excluding hydrogens is 190 g/mol. The Balaban J connectivity index is 2.60. The monoisotopic (exact) mass is 211 g/mol. The minimum Gasteiger partial charge on any atom is -0.394 e. The summed E-state index contributed by atoms with van der Waals surface area (Å²) in [6.07, 6.45) is 0.863. The molecule has 1 atom stereocenters. The zero-order chi connectivity index (χ0) is 11.5. The second kappa shape index (κ2) is 4.77. The predicted octanol–water partition coefficient (Wildman–Crippen LogP) is 0.860. The summed E-state index contributed by atoms with van der Waals surface area (Å²) in [4.78, 5) is 0. The van der Waals surface area contributed by atoms with Crippen LogP contribution in [-0.4, -0.2) is 34.1 Å². The fourth-order valence-corrected chi connectivity index (χ4v) is 1.54. The zero-order valence-electron chi connectivity index (χ0n) is 10.0. The van der Waals surface area contributed by atoms with E-state index in [1.807, 2.05) is 25.6 Å². The second-order valence-corrected chi connectivity index (χ2v) is 4.37. The SMILES string of the molecule is CNC(C)(CO)CCn1nc(C)cc1C. The molecule has 1 unspecified atom stereocenters. The minimum absolute atomic E-state index is 0.142. The number of hydrogen-bond donors (Lipinski definition) is 2. The van der Waals surface area contributed by atoms with Crippen molar-refractivity contribution in [2.45, 2.75) is 39.3 Å². The van der Waals surface area contributed by atoms with Gasteiger partial charge in [0.2, 0.25) is 0 Å². The molecule has 1 heterocycles. The maximum Gasteiger partial charge on any atom is 0.0611 e. The summed E-state index contributed by atoms with van der Waals surface area (Å²) in [6.45, 7) is 7.03. The van der Waals surface area contributed by atoms with Crippen LogP contribution in [0.2, 0.25) is 0 Å². The molecule has 1 aromatic heterocycles. The van der Waals surface area contributed by atoms with Gasteiger partial charge in [-0.1, -0.05) is 0 Å². The van der Waals surface area contributed by atoms with Crippen molar-refractivity contribution < 1.29 is 5.11 Å². The highest BCUT2D eigenvalue weighted by atomic mass is 16.3. The molecule has 0 aliphatic rings. The summed E-state index contributed by atoms with van der Waals surface area (Å²) in [5.41, 5.74) is 2.00. The van der Waals surface area contributed by atoms with Crippen LogP contribution >= 0.6 is 0 Å². The van der Waals surface area contributed by atoms with E-state index in [9.17, 15) is 5.11 Å². The average Bonchev–Trinajstić information content (AvgIpc) is 2.54. The fourth-order valence-electron chi connectivity index (χ4n) is 1.54. The van der Waals surface area contributed by atoms with E-state index < -0.39 is 0 Å². The van der Waals surface area contributed by atoms with Gasteiger partial charge in [-0.05, 0) is 40.3 Å².